The predicted molar refractivity (Wildman–Crippen MR) is 107 cm³/mol. The molecule has 4 rings (SSSR count). The molecule has 5 nitrogen and oxygen atoms in total. The molecule has 0 unspecified atom stereocenters. The SMILES string of the molecule is C[C@H](c1ccccc1)N1CCCN(c2ccc(NC(=O)C3CC3)cc2)C1=O. The number of amides is 3. The Morgan fingerprint density at radius 2 is 1.74 bits per heavy atom. The van der Waals surface area contributed by atoms with E-state index in [1.54, 1.807) is 0 Å². The topological polar surface area (TPSA) is 52.6 Å². The fourth-order valence-electron chi connectivity index (χ4n) is 3.57. The van der Waals surface area contributed by atoms with Gasteiger partial charge in [-0.1, -0.05) is 30.3 Å². The van der Waals surface area contributed by atoms with Gasteiger partial charge in [0.15, 0.2) is 0 Å². The number of carbonyl (C=O) groups is 2. The van der Waals surface area contributed by atoms with Gasteiger partial charge < -0.3 is 10.2 Å². The molecule has 1 aliphatic heterocycles. The fourth-order valence-corrected chi connectivity index (χ4v) is 3.57. The van der Waals surface area contributed by atoms with Crippen LogP contribution in [0.5, 0.6) is 0 Å². The second kappa shape index (κ2) is 7.43. The first kappa shape index (κ1) is 17.6. The van der Waals surface area contributed by atoms with E-state index in [2.05, 4.69) is 24.4 Å². The molecule has 2 aromatic rings. The Morgan fingerprint density at radius 3 is 2.41 bits per heavy atom. The number of nitrogens with zero attached hydrogens (tertiary/aromatic N) is 2. The summed E-state index contributed by atoms with van der Waals surface area (Å²) < 4.78 is 0. The Bertz CT molecular complexity index is 815. The predicted octanol–water partition coefficient (Wildman–Crippen LogP) is 4.43. The Balaban J connectivity index is 1.46. The van der Waals surface area contributed by atoms with Crippen LogP contribution in [0.15, 0.2) is 54.6 Å². The van der Waals surface area contributed by atoms with Crippen molar-refractivity contribution in [2.24, 2.45) is 5.92 Å². The van der Waals surface area contributed by atoms with Crippen LogP contribution >= 0.6 is 0 Å². The molecule has 140 valence electrons. The van der Waals surface area contributed by atoms with Gasteiger partial charge in [0.25, 0.3) is 0 Å². The molecule has 0 bridgehead atoms. The van der Waals surface area contributed by atoms with E-state index < -0.39 is 0 Å². The van der Waals surface area contributed by atoms with Crippen molar-refractivity contribution in [2.75, 3.05) is 23.3 Å². The van der Waals surface area contributed by atoms with Gasteiger partial charge in [0.1, 0.15) is 0 Å². The molecule has 5 heteroatoms. The van der Waals surface area contributed by atoms with E-state index in [4.69, 9.17) is 0 Å². The van der Waals surface area contributed by atoms with Gasteiger partial charge in [-0.2, -0.15) is 0 Å². The van der Waals surface area contributed by atoms with Crippen LogP contribution in [0.25, 0.3) is 0 Å². The molecule has 1 N–H and O–H groups in total. The average Bonchev–Trinajstić information content (AvgIpc) is 3.55. The van der Waals surface area contributed by atoms with Crippen molar-refractivity contribution in [3.8, 4) is 0 Å². The number of carbonyl (C=O) groups excluding carboxylic acids is 2. The van der Waals surface area contributed by atoms with Crippen LogP contribution in [-0.4, -0.2) is 29.9 Å². The lowest BCUT2D eigenvalue weighted by molar-refractivity contribution is -0.117. The van der Waals surface area contributed by atoms with E-state index in [-0.39, 0.29) is 23.9 Å². The summed E-state index contributed by atoms with van der Waals surface area (Å²) in [6.45, 7) is 3.55. The first-order valence-electron chi connectivity index (χ1n) is 9.67. The highest BCUT2D eigenvalue weighted by Gasteiger charge is 2.31. The second-order valence-electron chi connectivity index (χ2n) is 7.38. The molecular weight excluding hydrogens is 338 g/mol. The van der Waals surface area contributed by atoms with E-state index in [0.29, 0.717) is 6.54 Å². The monoisotopic (exact) mass is 363 g/mol. The van der Waals surface area contributed by atoms with Crippen molar-refractivity contribution in [1.29, 1.82) is 0 Å². The molecule has 3 amide bonds. The molecule has 0 spiro atoms. The molecule has 1 saturated heterocycles. The largest absolute Gasteiger partial charge is 0.326 e. The molecular formula is C22H25N3O2. The van der Waals surface area contributed by atoms with Gasteiger partial charge in [0, 0.05) is 30.4 Å². The van der Waals surface area contributed by atoms with Crippen LogP contribution in [0.2, 0.25) is 0 Å². The quantitative estimate of drug-likeness (QED) is 0.854. The molecule has 2 fully saturated rings. The van der Waals surface area contributed by atoms with Gasteiger partial charge in [-0.3, -0.25) is 9.69 Å². The van der Waals surface area contributed by atoms with Gasteiger partial charge >= 0.3 is 6.03 Å². The summed E-state index contributed by atoms with van der Waals surface area (Å²) in [7, 11) is 0. The van der Waals surface area contributed by atoms with Crippen LogP contribution in [-0.2, 0) is 4.79 Å². The van der Waals surface area contributed by atoms with Gasteiger partial charge in [-0.05, 0) is 56.0 Å². The molecule has 1 saturated carbocycles. The first-order chi connectivity index (χ1) is 13.1. The van der Waals surface area contributed by atoms with Crippen molar-refractivity contribution in [1.82, 2.24) is 4.90 Å². The zero-order valence-corrected chi connectivity index (χ0v) is 15.6. The normalized spacial score (nSPS) is 18.3. The maximum absolute atomic E-state index is 13.1. The number of nitrogens with one attached hydrogen (secondary N) is 1. The number of urea groups is 1. The molecule has 1 atom stereocenters. The maximum Gasteiger partial charge on any atom is 0.324 e. The van der Waals surface area contributed by atoms with Crippen molar-refractivity contribution in [3.63, 3.8) is 0 Å². The van der Waals surface area contributed by atoms with Gasteiger partial charge in [-0.25, -0.2) is 4.79 Å². The molecule has 27 heavy (non-hydrogen) atoms. The highest BCUT2D eigenvalue weighted by molar-refractivity contribution is 5.95. The van der Waals surface area contributed by atoms with Crippen molar-refractivity contribution in [3.05, 3.63) is 60.2 Å². The molecule has 0 radical (unpaired) electrons. The number of benzene rings is 2. The molecule has 2 aromatic carbocycles. The van der Waals surface area contributed by atoms with Crippen molar-refractivity contribution >= 4 is 23.3 Å². The highest BCUT2D eigenvalue weighted by Crippen LogP contribution is 2.31. The van der Waals surface area contributed by atoms with Gasteiger partial charge in [0.2, 0.25) is 5.91 Å². The number of hydrogen-bond acceptors (Lipinski definition) is 2. The highest BCUT2D eigenvalue weighted by atomic mass is 16.2. The van der Waals surface area contributed by atoms with Crippen molar-refractivity contribution < 1.29 is 9.59 Å². The standard InChI is InChI=1S/C22H25N3O2/c1-16(17-6-3-2-4-7-17)24-14-5-15-25(22(24)27)20-12-10-19(11-13-20)23-21(26)18-8-9-18/h2-4,6-7,10-13,16,18H,5,8-9,14-15H2,1H3,(H,23,26)/t16-/m1/s1. The van der Waals surface area contributed by atoms with Crippen LogP contribution < -0.4 is 10.2 Å². The van der Waals surface area contributed by atoms with Gasteiger partial charge in [0.05, 0.1) is 6.04 Å². The smallest absolute Gasteiger partial charge is 0.324 e. The Kier molecular flexibility index (Phi) is 4.84. The Labute approximate surface area is 160 Å². The third-order valence-electron chi connectivity index (χ3n) is 5.40. The third kappa shape index (κ3) is 3.82. The first-order valence-corrected chi connectivity index (χ1v) is 9.67. The fraction of sp³-hybridized carbons (Fsp3) is 0.364. The van der Waals surface area contributed by atoms with Crippen LogP contribution in [0.4, 0.5) is 16.2 Å². The summed E-state index contributed by atoms with van der Waals surface area (Å²) in [6, 6.07) is 17.8. The summed E-state index contributed by atoms with van der Waals surface area (Å²) in [6.07, 6.45) is 2.91. The molecule has 2 aliphatic rings. The van der Waals surface area contributed by atoms with E-state index in [9.17, 15) is 9.59 Å². The summed E-state index contributed by atoms with van der Waals surface area (Å²) >= 11 is 0. The number of rotatable bonds is 5. The van der Waals surface area contributed by atoms with Crippen LogP contribution in [0.3, 0.4) is 0 Å². The van der Waals surface area contributed by atoms with E-state index in [1.165, 1.54) is 0 Å². The molecule has 0 aromatic heterocycles. The third-order valence-corrected chi connectivity index (χ3v) is 5.40. The lowest BCUT2D eigenvalue weighted by Gasteiger charge is -2.39. The van der Waals surface area contributed by atoms with Crippen molar-refractivity contribution in [2.45, 2.75) is 32.2 Å². The minimum atomic E-state index is 0.0346. The van der Waals surface area contributed by atoms with Crippen LogP contribution in [0.1, 0.15) is 37.8 Å². The summed E-state index contributed by atoms with van der Waals surface area (Å²) in [4.78, 5) is 28.7. The summed E-state index contributed by atoms with van der Waals surface area (Å²) in [5.41, 5.74) is 2.80. The van der Waals surface area contributed by atoms with Crippen LogP contribution in [0, 0.1) is 5.92 Å². The van der Waals surface area contributed by atoms with Gasteiger partial charge in [-0.15, -0.1) is 0 Å². The van der Waals surface area contributed by atoms with E-state index in [0.717, 1.165) is 42.7 Å². The lowest BCUT2D eigenvalue weighted by atomic mass is 10.1. The second-order valence-corrected chi connectivity index (χ2v) is 7.38. The molecule has 1 heterocycles. The maximum atomic E-state index is 13.1. The molecule has 1 aliphatic carbocycles. The average molecular weight is 363 g/mol. The Morgan fingerprint density at radius 1 is 1.04 bits per heavy atom. The summed E-state index contributed by atoms with van der Waals surface area (Å²) in [5, 5.41) is 2.94. The minimum Gasteiger partial charge on any atom is -0.326 e. The van der Waals surface area contributed by atoms with E-state index in [1.807, 2.05) is 52.3 Å². The number of anilines is 2. The minimum absolute atomic E-state index is 0.0346. The number of hydrogen-bond donors (Lipinski definition) is 1. The van der Waals surface area contributed by atoms with E-state index >= 15 is 0 Å². The Hall–Kier alpha value is -2.82. The lowest BCUT2D eigenvalue weighted by Crippen LogP contribution is -2.50. The zero-order valence-electron chi connectivity index (χ0n) is 15.6. The zero-order chi connectivity index (χ0) is 18.8. The summed E-state index contributed by atoms with van der Waals surface area (Å²) in [5.74, 6) is 0.279.